The summed E-state index contributed by atoms with van der Waals surface area (Å²) in [5, 5.41) is 9.23. The Morgan fingerprint density at radius 2 is 1.92 bits per heavy atom. The van der Waals surface area contributed by atoms with E-state index >= 15 is 0 Å². The molecule has 3 aromatic rings. The fourth-order valence-corrected chi connectivity index (χ4v) is 3.43. The van der Waals surface area contributed by atoms with Gasteiger partial charge in [0.15, 0.2) is 0 Å². The van der Waals surface area contributed by atoms with Crippen molar-refractivity contribution in [2.24, 2.45) is 11.1 Å². The third kappa shape index (κ3) is 8.22. The molecule has 0 bridgehead atoms. The third-order valence-electron chi connectivity index (χ3n) is 5.55. The van der Waals surface area contributed by atoms with Gasteiger partial charge >= 0.3 is 6.09 Å². The van der Waals surface area contributed by atoms with Crippen molar-refractivity contribution in [3.8, 4) is 5.75 Å². The smallest absolute Gasteiger partial charge is 0.404 e. The second-order valence-corrected chi connectivity index (χ2v) is 9.67. The highest BCUT2D eigenvalue weighted by atomic mass is 16.6. The van der Waals surface area contributed by atoms with E-state index in [-0.39, 0.29) is 12.5 Å². The molecule has 0 aliphatic heterocycles. The van der Waals surface area contributed by atoms with Crippen molar-refractivity contribution < 1.29 is 19.1 Å². The van der Waals surface area contributed by atoms with Crippen molar-refractivity contribution in [1.82, 2.24) is 15.3 Å². The van der Waals surface area contributed by atoms with Crippen LogP contribution >= 0.6 is 0 Å². The van der Waals surface area contributed by atoms with Crippen molar-refractivity contribution in [3.63, 3.8) is 0 Å². The van der Waals surface area contributed by atoms with Crippen LogP contribution in [0.2, 0.25) is 0 Å². The lowest BCUT2D eigenvalue weighted by molar-refractivity contribution is 0.0362. The van der Waals surface area contributed by atoms with Gasteiger partial charge in [0, 0.05) is 34.6 Å². The van der Waals surface area contributed by atoms with E-state index in [4.69, 9.17) is 15.2 Å². The van der Waals surface area contributed by atoms with Gasteiger partial charge in [-0.25, -0.2) is 9.78 Å². The minimum atomic E-state index is -0.883. The van der Waals surface area contributed by atoms with Gasteiger partial charge in [0.05, 0.1) is 6.54 Å². The minimum Gasteiger partial charge on any atom is -0.489 e. The SMILES string of the molecule is C=CCOc1ccc(C)c(Nc2ccnc(Nc3cccc(C(=O)NCC(OC(N)=O)C(C)(C)C)c3)n2)c1. The Labute approximate surface area is 222 Å². The first kappa shape index (κ1) is 28.0. The van der Waals surface area contributed by atoms with Crippen LogP contribution in [0.1, 0.15) is 36.7 Å². The number of primary amides is 1. The number of carbonyl (C=O) groups excluding carboxylic acids is 2. The number of rotatable bonds is 11. The first-order valence-electron chi connectivity index (χ1n) is 12.1. The number of aryl methyl sites for hydroxylation is 1. The maximum absolute atomic E-state index is 12.8. The van der Waals surface area contributed by atoms with Crippen LogP contribution in [0.15, 0.2) is 67.4 Å². The molecule has 0 saturated carbocycles. The predicted octanol–water partition coefficient (Wildman–Crippen LogP) is 5.08. The topological polar surface area (TPSA) is 140 Å². The van der Waals surface area contributed by atoms with Gasteiger partial charge in [0.1, 0.15) is 24.3 Å². The van der Waals surface area contributed by atoms with Gasteiger partial charge in [-0.3, -0.25) is 4.79 Å². The molecule has 3 rings (SSSR count). The summed E-state index contributed by atoms with van der Waals surface area (Å²) in [4.78, 5) is 32.8. The van der Waals surface area contributed by atoms with Gasteiger partial charge in [0.25, 0.3) is 5.91 Å². The Kier molecular flexibility index (Phi) is 9.26. The van der Waals surface area contributed by atoms with Crippen LogP contribution in [-0.2, 0) is 4.74 Å². The normalized spacial score (nSPS) is 11.7. The van der Waals surface area contributed by atoms with E-state index in [0.717, 1.165) is 17.0 Å². The Bertz CT molecular complexity index is 1290. The van der Waals surface area contributed by atoms with Gasteiger partial charge in [0.2, 0.25) is 5.95 Å². The molecule has 1 unspecified atom stereocenters. The van der Waals surface area contributed by atoms with Gasteiger partial charge in [-0.05, 0) is 42.8 Å². The molecule has 2 aromatic carbocycles. The lowest BCUT2D eigenvalue weighted by Gasteiger charge is -2.29. The Morgan fingerprint density at radius 1 is 1.13 bits per heavy atom. The summed E-state index contributed by atoms with van der Waals surface area (Å²) in [5.41, 5.74) is 7.70. The number of carbonyl (C=O) groups is 2. The number of aromatic nitrogens is 2. The number of benzene rings is 2. The molecule has 1 aromatic heterocycles. The Hall–Kier alpha value is -4.60. The molecule has 5 N–H and O–H groups in total. The minimum absolute atomic E-state index is 0.124. The van der Waals surface area contributed by atoms with E-state index in [1.807, 2.05) is 45.9 Å². The Morgan fingerprint density at radius 3 is 2.63 bits per heavy atom. The highest BCUT2D eigenvalue weighted by Crippen LogP contribution is 2.26. The lowest BCUT2D eigenvalue weighted by Crippen LogP contribution is -2.43. The molecular weight excluding hydrogens is 484 g/mol. The van der Waals surface area contributed by atoms with Crippen molar-refractivity contribution in [3.05, 3.63) is 78.5 Å². The molecular formula is C28H34N6O4. The molecule has 10 nitrogen and oxygen atoms in total. The number of hydrogen-bond donors (Lipinski definition) is 4. The zero-order valence-corrected chi connectivity index (χ0v) is 22.1. The van der Waals surface area contributed by atoms with Gasteiger partial charge < -0.3 is 31.2 Å². The molecule has 10 heteroatoms. The lowest BCUT2D eigenvalue weighted by atomic mass is 9.89. The monoisotopic (exact) mass is 518 g/mol. The number of nitrogens with two attached hydrogens (primary N) is 1. The number of nitrogens with one attached hydrogen (secondary N) is 3. The van der Waals surface area contributed by atoms with Crippen molar-refractivity contribution in [2.45, 2.75) is 33.8 Å². The van der Waals surface area contributed by atoms with Gasteiger partial charge in [-0.2, -0.15) is 4.98 Å². The molecule has 38 heavy (non-hydrogen) atoms. The van der Waals surface area contributed by atoms with Crippen LogP contribution in [0.5, 0.6) is 5.75 Å². The summed E-state index contributed by atoms with van der Waals surface area (Å²) >= 11 is 0. The number of nitrogens with zero attached hydrogens (tertiary/aromatic N) is 2. The standard InChI is InChI=1S/C28H34N6O4/c1-6-14-37-21-11-10-18(2)22(16-21)33-24-12-13-30-27(34-24)32-20-9-7-8-19(15-20)25(35)31-17-23(28(3,4)5)38-26(29)36/h6-13,15-16,23H,1,14,17H2,2-5H3,(H2,29,36)(H,31,35)(H2,30,32,33,34). The summed E-state index contributed by atoms with van der Waals surface area (Å²) in [6.07, 6.45) is 1.86. The van der Waals surface area contributed by atoms with Crippen molar-refractivity contribution in [2.75, 3.05) is 23.8 Å². The van der Waals surface area contributed by atoms with E-state index in [1.165, 1.54) is 0 Å². The largest absolute Gasteiger partial charge is 0.489 e. The Balaban J connectivity index is 1.68. The molecule has 0 saturated heterocycles. The summed E-state index contributed by atoms with van der Waals surface area (Å²) < 4.78 is 10.8. The molecule has 200 valence electrons. The van der Waals surface area contributed by atoms with Gasteiger partial charge in [-0.15, -0.1) is 0 Å². The maximum atomic E-state index is 12.8. The average molecular weight is 519 g/mol. The number of anilines is 4. The van der Waals surface area contributed by atoms with Crippen LogP contribution < -0.4 is 26.4 Å². The second-order valence-electron chi connectivity index (χ2n) is 9.67. The van der Waals surface area contributed by atoms with Crippen LogP contribution in [0.25, 0.3) is 0 Å². The molecule has 0 aliphatic rings. The molecule has 0 fully saturated rings. The highest BCUT2D eigenvalue weighted by molar-refractivity contribution is 5.95. The number of ether oxygens (including phenoxy) is 2. The van der Waals surface area contributed by atoms with Gasteiger partial charge in [-0.1, -0.05) is 45.6 Å². The first-order chi connectivity index (χ1) is 18.0. The summed E-state index contributed by atoms with van der Waals surface area (Å²) in [6.45, 7) is 11.9. The van der Waals surface area contributed by atoms with Crippen LogP contribution in [0.4, 0.5) is 27.9 Å². The molecule has 1 heterocycles. The fraction of sp³-hybridized carbons (Fsp3) is 0.286. The molecule has 1 atom stereocenters. The van der Waals surface area contributed by atoms with E-state index in [9.17, 15) is 9.59 Å². The van der Waals surface area contributed by atoms with Crippen molar-refractivity contribution in [1.29, 1.82) is 0 Å². The van der Waals surface area contributed by atoms with E-state index in [0.29, 0.717) is 29.6 Å². The summed E-state index contributed by atoms with van der Waals surface area (Å²) in [5.74, 6) is 1.34. The summed E-state index contributed by atoms with van der Waals surface area (Å²) in [6, 6.07) is 14.4. The maximum Gasteiger partial charge on any atom is 0.404 e. The van der Waals surface area contributed by atoms with Crippen LogP contribution in [0.3, 0.4) is 0 Å². The molecule has 0 radical (unpaired) electrons. The van der Waals surface area contributed by atoms with E-state index < -0.39 is 17.6 Å². The van der Waals surface area contributed by atoms with Crippen LogP contribution in [0, 0.1) is 12.3 Å². The highest BCUT2D eigenvalue weighted by Gasteiger charge is 2.28. The molecule has 0 spiro atoms. The van der Waals surface area contributed by atoms with E-state index in [2.05, 4.69) is 32.5 Å². The summed E-state index contributed by atoms with van der Waals surface area (Å²) in [7, 11) is 0. The van der Waals surface area contributed by atoms with Crippen molar-refractivity contribution >= 4 is 35.1 Å². The zero-order chi connectivity index (χ0) is 27.7. The van der Waals surface area contributed by atoms with E-state index in [1.54, 1.807) is 42.6 Å². The molecule has 0 aliphatic carbocycles. The molecule has 2 amide bonds. The third-order valence-corrected chi connectivity index (χ3v) is 5.55. The zero-order valence-electron chi connectivity index (χ0n) is 22.1. The first-order valence-corrected chi connectivity index (χ1v) is 12.1. The number of amides is 2. The quantitative estimate of drug-likeness (QED) is 0.258. The average Bonchev–Trinajstić information content (AvgIpc) is 2.86. The fourth-order valence-electron chi connectivity index (χ4n) is 3.43. The van der Waals surface area contributed by atoms with Crippen LogP contribution in [-0.4, -0.2) is 41.2 Å². The number of hydrogen-bond acceptors (Lipinski definition) is 8. The second kappa shape index (κ2) is 12.6. The predicted molar refractivity (Wildman–Crippen MR) is 148 cm³/mol.